The Labute approximate surface area is 172 Å². The second-order valence-electron chi connectivity index (χ2n) is 7.32. The average Bonchev–Trinajstić information content (AvgIpc) is 3.24. The summed E-state index contributed by atoms with van der Waals surface area (Å²) in [7, 11) is -3.79. The summed E-state index contributed by atoms with van der Waals surface area (Å²) in [6.45, 7) is 1.22. The molecule has 9 heteroatoms. The first-order valence-corrected chi connectivity index (χ1v) is 11.1. The molecule has 0 aliphatic carbocycles. The molecule has 1 aliphatic rings. The fourth-order valence-electron chi connectivity index (χ4n) is 4.13. The zero-order chi connectivity index (χ0) is 20.7. The van der Waals surface area contributed by atoms with Crippen LogP contribution in [-0.2, 0) is 14.8 Å². The van der Waals surface area contributed by atoms with Gasteiger partial charge in [-0.3, -0.25) is 0 Å². The zero-order valence-electron chi connectivity index (χ0n) is 16.0. The molecule has 5 rings (SSSR count). The highest BCUT2D eigenvalue weighted by Gasteiger charge is 2.29. The number of fused-ring (bicyclic) bond motifs is 3. The van der Waals surface area contributed by atoms with Crippen LogP contribution in [0.2, 0.25) is 0 Å². The van der Waals surface area contributed by atoms with E-state index >= 15 is 0 Å². The predicted octanol–water partition coefficient (Wildman–Crippen LogP) is 2.44. The van der Waals surface area contributed by atoms with Gasteiger partial charge in [0.05, 0.1) is 28.2 Å². The Morgan fingerprint density at radius 2 is 1.93 bits per heavy atom. The van der Waals surface area contributed by atoms with Crippen LogP contribution < -0.4 is 0 Å². The van der Waals surface area contributed by atoms with E-state index in [2.05, 4.69) is 15.0 Å². The van der Waals surface area contributed by atoms with Crippen molar-refractivity contribution in [3.63, 3.8) is 0 Å². The number of aromatic nitrogens is 4. The maximum absolute atomic E-state index is 13.2. The fraction of sp³-hybridized carbons (Fsp3) is 0.238. The van der Waals surface area contributed by atoms with Crippen LogP contribution in [0.15, 0.2) is 60.0 Å². The van der Waals surface area contributed by atoms with Crippen LogP contribution in [0.5, 0.6) is 0 Å². The summed E-state index contributed by atoms with van der Waals surface area (Å²) in [5.74, 6) is 0.0328. The molecular weight excluding hydrogens is 402 g/mol. The number of rotatable bonds is 3. The lowest BCUT2D eigenvalue weighted by atomic mass is 9.92. The Bertz CT molecular complexity index is 1420. The molecule has 4 heterocycles. The first-order chi connectivity index (χ1) is 14.6. The molecule has 3 aromatic heterocycles. The van der Waals surface area contributed by atoms with E-state index in [4.69, 9.17) is 0 Å². The number of pyridine rings is 1. The molecule has 0 spiro atoms. The van der Waals surface area contributed by atoms with Crippen LogP contribution in [0.25, 0.3) is 21.9 Å². The average molecular weight is 420 g/mol. The quantitative estimate of drug-likeness (QED) is 0.373. The number of hydrogen-bond donors (Lipinski definition) is 0. The number of carbonyl (C=O) groups excluding carboxylic acids is 1. The van der Waals surface area contributed by atoms with Gasteiger partial charge in [0.2, 0.25) is 0 Å². The van der Waals surface area contributed by atoms with Crippen molar-refractivity contribution in [3.05, 3.63) is 60.8 Å². The molecule has 0 amide bonds. The highest BCUT2D eigenvalue weighted by atomic mass is 32.2. The molecule has 1 unspecified atom stereocenters. The number of piperidine rings is 1. The summed E-state index contributed by atoms with van der Waals surface area (Å²) in [6.07, 6.45) is 8.31. The minimum atomic E-state index is -3.79. The summed E-state index contributed by atoms with van der Waals surface area (Å²) in [4.78, 5) is 24.6. The molecule has 1 aliphatic heterocycles. The number of nitrogens with zero attached hydrogens (tertiary/aromatic N) is 5. The smallest absolute Gasteiger partial charge is 0.240 e. The van der Waals surface area contributed by atoms with Crippen LogP contribution in [0.3, 0.4) is 0 Å². The summed E-state index contributed by atoms with van der Waals surface area (Å²) < 4.78 is 29.1. The van der Waals surface area contributed by atoms with Gasteiger partial charge < -0.3 is 0 Å². The third-order valence-electron chi connectivity index (χ3n) is 5.55. The number of hydrogen-bond acceptors (Lipinski definition) is 6. The van der Waals surface area contributed by atoms with Crippen LogP contribution in [0, 0.1) is 0 Å². The van der Waals surface area contributed by atoms with Gasteiger partial charge in [0, 0.05) is 23.4 Å². The van der Waals surface area contributed by atoms with E-state index in [1.807, 2.05) is 6.08 Å². The van der Waals surface area contributed by atoms with E-state index < -0.39 is 10.0 Å². The van der Waals surface area contributed by atoms with E-state index in [0.717, 1.165) is 23.9 Å². The maximum Gasteiger partial charge on any atom is 0.424 e. The lowest BCUT2D eigenvalue weighted by Gasteiger charge is -2.19. The summed E-state index contributed by atoms with van der Waals surface area (Å²) >= 11 is 0. The highest BCUT2D eigenvalue weighted by Crippen LogP contribution is 2.33. The van der Waals surface area contributed by atoms with Gasteiger partial charge in [0.15, 0.2) is 18.7 Å². The molecule has 1 fully saturated rings. The molecule has 0 bridgehead atoms. The van der Waals surface area contributed by atoms with Crippen molar-refractivity contribution in [2.24, 2.45) is 0 Å². The lowest BCUT2D eigenvalue weighted by Crippen LogP contribution is -2.26. The predicted molar refractivity (Wildman–Crippen MR) is 110 cm³/mol. The molecule has 30 heavy (non-hydrogen) atoms. The molecule has 1 aromatic carbocycles. The van der Waals surface area contributed by atoms with Crippen molar-refractivity contribution in [3.8, 4) is 0 Å². The molecule has 0 radical (unpaired) electrons. The van der Waals surface area contributed by atoms with Crippen LogP contribution in [0.1, 0.15) is 24.5 Å². The van der Waals surface area contributed by atoms with E-state index in [0.29, 0.717) is 29.6 Å². The Kier molecular flexibility index (Phi) is 4.42. The molecule has 0 saturated carbocycles. The van der Waals surface area contributed by atoms with E-state index in [9.17, 15) is 13.2 Å². The first kappa shape index (κ1) is 18.6. The molecule has 150 valence electrons. The molecule has 4 aromatic rings. The minimum absolute atomic E-state index is 0.0328. The normalized spacial score (nSPS) is 17.3. The fourth-order valence-corrected chi connectivity index (χ4v) is 5.45. The topological polar surface area (TPSA) is 97.8 Å². The molecule has 8 nitrogen and oxygen atoms in total. The highest BCUT2D eigenvalue weighted by molar-refractivity contribution is 7.90. The van der Waals surface area contributed by atoms with Crippen molar-refractivity contribution in [1.29, 1.82) is 0 Å². The largest absolute Gasteiger partial charge is 0.424 e. The Balaban J connectivity index is 1.73. The van der Waals surface area contributed by atoms with Gasteiger partial charge in [-0.25, -0.2) is 27.3 Å². The molecule has 1 atom stereocenters. The van der Waals surface area contributed by atoms with Crippen LogP contribution in [0.4, 0.5) is 0 Å². The van der Waals surface area contributed by atoms with Gasteiger partial charge in [-0.05, 0) is 24.6 Å². The Hall–Kier alpha value is -3.42. The number of benzene rings is 1. The van der Waals surface area contributed by atoms with Gasteiger partial charge >= 0.3 is 6.08 Å². The summed E-state index contributed by atoms with van der Waals surface area (Å²) in [6, 6.07) is 10.0. The summed E-state index contributed by atoms with van der Waals surface area (Å²) in [5, 5.41) is 1.46. The van der Waals surface area contributed by atoms with E-state index in [1.165, 1.54) is 16.5 Å². The Morgan fingerprint density at radius 3 is 2.73 bits per heavy atom. The van der Waals surface area contributed by atoms with Crippen molar-refractivity contribution in [2.45, 2.75) is 23.7 Å². The first-order valence-electron chi connectivity index (χ1n) is 9.63. The van der Waals surface area contributed by atoms with Gasteiger partial charge in [-0.15, -0.1) is 0 Å². The third-order valence-corrected chi connectivity index (χ3v) is 7.23. The minimum Gasteiger partial charge on any atom is -0.240 e. The SMILES string of the molecule is O=C=[N+]1CCCC(c2ncnc3cnc4c(ccn4S(=O)(=O)c4ccccc4)c23)C1. The van der Waals surface area contributed by atoms with Gasteiger partial charge in [-0.1, -0.05) is 18.2 Å². The van der Waals surface area contributed by atoms with E-state index in [-0.39, 0.29) is 10.8 Å². The number of isocyanates is 1. The standard InChI is InChI=1S/C21H18N5O3S/c27-14-25-9-4-5-15(12-25)20-19-17-8-10-26(21(17)22-11-18(19)23-13-24-20)30(28,29)16-6-2-1-3-7-16/h1-3,6-8,10-11,13,15H,4-5,9,12H2/q+1. The molecular formula is C21H18N5O3S+. The summed E-state index contributed by atoms with van der Waals surface area (Å²) in [5.41, 5.74) is 1.79. The monoisotopic (exact) mass is 420 g/mol. The van der Waals surface area contributed by atoms with Crippen LogP contribution in [-0.4, -0.2) is 51.1 Å². The van der Waals surface area contributed by atoms with E-state index in [1.54, 1.807) is 47.2 Å². The second-order valence-corrected chi connectivity index (χ2v) is 9.14. The second kappa shape index (κ2) is 7.12. The van der Waals surface area contributed by atoms with Crippen molar-refractivity contribution >= 4 is 38.0 Å². The van der Waals surface area contributed by atoms with Crippen molar-refractivity contribution in [1.82, 2.24) is 18.9 Å². The zero-order valence-corrected chi connectivity index (χ0v) is 16.8. The lowest BCUT2D eigenvalue weighted by molar-refractivity contribution is -0.537. The maximum atomic E-state index is 13.2. The molecule has 0 N–H and O–H groups in total. The van der Waals surface area contributed by atoms with Gasteiger partial charge in [0.1, 0.15) is 6.33 Å². The molecule has 1 saturated heterocycles. The Morgan fingerprint density at radius 1 is 1.10 bits per heavy atom. The van der Waals surface area contributed by atoms with Gasteiger partial charge in [0.25, 0.3) is 10.0 Å². The van der Waals surface area contributed by atoms with Crippen LogP contribution >= 0.6 is 0 Å². The van der Waals surface area contributed by atoms with Crippen molar-refractivity contribution < 1.29 is 17.8 Å². The van der Waals surface area contributed by atoms with Crippen molar-refractivity contribution in [2.75, 3.05) is 13.1 Å². The third kappa shape index (κ3) is 2.91. The van der Waals surface area contributed by atoms with Gasteiger partial charge in [-0.2, -0.15) is 9.37 Å².